The first-order valence-corrected chi connectivity index (χ1v) is 8.18. The second kappa shape index (κ2) is 7.39. The van der Waals surface area contributed by atoms with Crippen molar-refractivity contribution >= 4 is 15.9 Å². The molecule has 0 radical (unpaired) electrons. The highest BCUT2D eigenvalue weighted by Gasteiger charge is 2.20. The third-order valence-electron chi connectivity index (χ3n) is 4.12. The lowest BCUT2D eigenvalue weighted by molar-refractivity contribution is 0.407. The standard InChI is InChI=1S/C16H23BrFN/c1-2-19-16(10-7-12-5-3-4-6-12)14-11-13(17)8-9-15(14)18/h8-9,11-12,16,19H,2-7,10H2,1H3. The number of benzene rings is 1. The molecule has 1 N–H and O–H groups in total. The van der Waals surface area contributed by atoms with Gasteiger partial charge in [0.15, 0.2) is 0 Å². The molecule has 106 valence electrons. The van der Waals surface area contributed by atoms with Gasteiger partial charge in [-0.05, 0) is 43.5 Å². The quantitative estimate of drug-likeness (QED) is 0.756. The van der Waals surface area contributed by atoms with Gasteiger partial charge in [0.05, 0.1) is 0 Å². The Hall–Kier alpha value is -0.410. The van der Waals surface area contributed by atoms with Gasteiger partial charge in [-0.2, -0.15) is 0 Å². The van der Waals surface area contributed by atoms with Gasteiger partial charge >= 0.3 is 0 Å². The maximum atomic E-state index is 14.0. The van der Waals surface area contributed by atoms with Crippen LogP contribution < -0.4 is 5.32 Å². The maximum Gasteiger partial charge on any atom is 0.128 e. The number of hydrogen-bond acceptors (Lipinski definition) is 1. The molecule has 1 atom stereocenters. The Kier molecular flexibility index (Phi) is 5.83. The molecule has 0 saturated heterocycles. The van der Waals surface area contributed by atoms with Crippen molar-refractivity contribution < 1.29 is 4.39 Å². The third kappa shape index (κ3) is 4.28. The smallest absolute Gasteiger partial charge is 0.128 e. The Bertz CT molecular complexity index is 402. The molecule has 0 amide bonds. The van der Waals surface area contributed by atoms with E-state index >= 15 is 0 Å². The highest BCUT2D eigenvalue weighted by Crippen LogP contribution is 2.32. The van der Waals surface area contributed by atoms with E-state index in [4.69, 9.17) is 0 Å². The molecule has 1 aliphatic rings. The minimum Gasteiger partial charge on any atom is -0.310 e. The van der Waals surface area contributed by atoms with Crippen molar-refractivity contribution in [3.05, 3.63) is 34.1 Å². The van der Waals surface area contributed by atoms with Crippen molar-refractivity contribution in [1.29, 1.82) is 0 Å². The lowest BCUT2D eigenvalue weighted by Crippen LogP contribution is -2.22. The molecule has 2 rings (SSSR count). The van der Waals surface area contributed by atoms with E-state index in [1.807, 2.05) is 6.07 Å². The van der Waals surface area contributed by atoms with E-state index in [1.54, 1.807) is 12.1 Å². The van der Waals surface area contributed by atoms with Gasteiger partial charge in [0, 0.05) is 16.1 Å². The minimum atomic E-state index is -0.0967. The van der Waals surface area contributed by atoms with E-state index < -0.39 is 0 Å². The molecule has 1 nitrogen and oxygen atoms in total. The highest BCUT2D eigenvalue weighted by atomic mass is 79.9. The molecule has 1 fully saturated rings. The van der Waals surface area contributed by atoms with Crippen LogP contribution in [-0.2, 0) is 0 Å². The molecule has 0 bridgehead atoms. The molecule has 19 heavy (non-hydrogen) atoms. The zero-order valence-corrected chi connectivity index (χ0v) is 13.2. The molecule has 0 heterocycles. The number of rotatable bonds is 6. The fourth-order valence-corrected chi connectivity index (χ4v) is 3.48. The summed E-state index contributed by atoms with van der Waals surface area (Å²) in [5.74, 6) is 0.761. The van der Waals surface area contributed by atoms with Gasteiger partial charge in [-0.25, -0.2) is 4.39 Å². The summed E-state index contributed by atoms with van der Waals surface area (Å²) < 4.78 is 14.9. The first kappa shape index (κ1) is 15.0. The zero-order valence-electron chi connectivity index (χ0n) is 11.6. The Morgan fingerprint density at radius 2 is 2.11 bits per heavy atom. The van der Waals surface area contributed by atoms with Crippen molar-refractivity contribution in [2.45, 2.75) is 51.5 Å². The van der Waals surface area contributed by atoms with E-state index in [-0.39, 0.29) is 11.9 Å². The topological polar surface area (TPSA) is 12.0 Å². The van der Waals surface area contributed by atoms with Gasteiger partial charge in [0.1, 0.15) is 5.82 Å². The SMILES string of the molecule is CCNC(CCC1CCCC1)c1cc(Br)ccc1F. The summed E-state index contributed by atoms with van der Waals surface area (Å²) in [5.41, 5.74) is 0.800. The molecule has 1 unspecified atom stereocenters. The first-order valence-electron chi connectivity index (χ1n) is 7.39. The number of nitrogens with one attached hydrogen (secondary N) is 1. The van der Waals surface area contributed by atoms with Crippen LogP contribution in [0.25, 0.3) is 0 Å². The molecule has 1 saturated carbocycles. The lowest BCUT2D eigenvalue weighted by Gasteiger charge is -2.21. The lowest BCUT2D eigenvalue weighted by atomic mass is 9.94. The van der Waals surface area contributed by atoms with E-state index in [2.05, 4.69) is 28.2 Å². The van der Waals surface area contributed by atoms with E-state index in [9.17, 15) is 4.39 Å². The molecule has 3 heteroatoms. The Labute approximate surface area is 124 Å². The highest BCUT2D eigenvalue weighted by molar-refractivity contribution is 9.10. The van der Waals surface area contributed by atoms with Crippen molar-refractivity contribution in [2.24, 2.45) is 5.92 Å². The molecule has 1 aromatic rings. The Morgan fingerprint density at radius 3 is 2.79 bits per heavy atom. The molecule has 1 aromatic carbocycles. The Morgan fingerprint density at radius 1 is 1.37 bits per heavy atom. The largest absolute Gasteiger partial charge is 0.310 e. The average Bonchev–Trinajstić information content (AvgIpc) is 2.91. The Balaban J connectivity index is 2.03. The van der Waals surface area contributed by atoms with Crippen LogP contribution in [0.5, 0.6) is 0 Å². The predicted octanol–water partition coefficient (Wildman–Crippen LogP) is 5.21. The van der Waals surface area contributed by atoms with Crippen LogP contribution in [0.1, 0.15) is 57.1 Å². The van der Waals surface area contributed by atoms with Crippen LogP contribution in [0.3, 0.4) is 0 Å². The maximum absolute atomic E-state index is 14.0. The van der Waals surface area contributed by atoms with Crippen LogP contribution >= 0.6 is 15.9 Å². The second-order valence-electron chi connectivity index (χ2n) is 5.50. The normalized spacial score (nSPS) is 17.8. The monoisotopic (exact) mass is 327 g/mol. The van der Waals surface area contributed by atoms with E-state index in [1.165, 1.54) is 32.1 Å². The summed E-state index contributed by atoms with van der Waals surface area (Å²) in [6.07, 6.45) is 7.72. The van der Waals surface area contributed by atoms with E-state index in [0.29, 0.717) is 0 Å². The van der Waals surface area contributed by atoms with Crippen molar-refractivity contribution in [1.82, 2.24) is 5.32 Å². The van der Waals surface area contributed by atoms with Gasteiger partial charge in [0.25, 0.3) is 0 Å². The summed E-state index contributed by atoms with van der Waals surface area (Å²) in [6, 6.07) is 5.37. The van der Waals surface area contributed by atoms with Gasteiger partial charge < -0.3 is 5.32 Å². The summed E-state index contributed by atoms with van der Waals surface area (Å²) in [6.45, 7) is 2.96. The van der Waals surface area contributed by atoms with Gasteiger partial charge in [-0.15, -0.1) is 0 Å². The zero-order chi connectivity index (χ0) is 13.7. The summed E-state index contributed by atoms with van der Waals surface area (Å²) >= 11 is 3.44. The van der Waals surface area contributed by atoms with Gasteiger partial charge in [-0.1, -0.05) is 48.5 Å². The third-order valence-corrected chi connectivity index (χ3v) is 4.62. The molecule has 1 aliphatic carbocycles. The van der Waals surface area contributed by atoms with Crippen LogP contribution in [0.2, 0.25) is 0 Å². The number of hydrogen-bond donors (Lipinski definition) is 1. The second-order valence-corrected chi connectivity index (χ2v) is 6.42. The van der Waals surface area contributed by atoms with Crippen LogP contribution in [-0.4, -0.2) is 6.54 Å². The molecular weight excluding hydrogens is 305 g/mol. The van der Waals surface area contributed by atoms with E-state index in [0.717, 1.165) is 28.9 Å². The van der Waals surface area contributed by atoms with Gasteiger partial charge in [-0.3, -0.25) is 0 Å². The molecule has 0 spiro atoms. The van der Waals surface area contributed by atoms with Crippen LogP contribution in [0, 0.1) is 11.7 Å². The van der Waals surface area contributed by atoms with Gasteiger partial charge in [0.2, 0.25) is 0 Å². The fraction of sp³-hybridized carbons (Fsp3) is 0.625. The first-order chi connectivity index (χ1) is 9.20. The minimum absolute atomic E-state index is 0.0967. The predicted molar refractivity (Wildman–Crippen MR) is 81.7 cm³/mol. The summed E-state index contributed by atoms with van der Waals surface area (Å²) in [5, 5.41) is 3.43. The summed E-state index contributed by atoms with van der Waals surface area (Å²) in [7, 11) is 0. The van der Waals surface area contributed by atoms with Crippen molar-refractivity contribution in [2.75, 3.05) is 6.54 Å². The van der Waals surface area contributed by atoms with Crippen molar-refractivity contribution in [3.63, 3.8) is 0 Å². The average molecular weight is 328 g/mol. The molecule has 0 aliphatic heterocycles. The molecular formula is C16H23BrFN. The fourth-order valence-electron chi connectivity index (χ4n) is 3.10. The van der Waals surface area contributed by atoms with Crippen LogP contribution in [0.15, 0.2) is 22.7 Å². The number of halogens is 2. The van der Waals surface area contributed by atoms with Crippen LogP contribution in [0.4, 0.5) is 4.39 Å². The van der Waals surface area contributed by atoms with Crippen molar-refractivity contribution in [3.8, 4) is 0 Å². The summed E-state index contributed by atoms with van der Waals surface area (Å²) in [4.78, 5) is 0. The molecule has 0 aromatic heterocycles.